The fraction of sp³-hybridized carbons (Fsp3) is 0.364. The second-order valence-electron chi connectivity index (χ2n) is 3.95. The van der Waals surface area contributed by atoms with Crippen LogP contribution in [0.5, 0.6) is 11.5 Å². The number of aryl methyl sites for hydroxylation is 1. The minimum Gasteiger partial charge on any atom is -0.481 e. The number of carbonyl (C=O) groups is 1. The number of hydrogen-bond donors (Lipinski definition) is 1. The first-order valence-corrected chi connectivity index (χ1v) is 7.12. The Balaban J connectivity index is 2.50. The van der Waals surface area contributed by atoms with Crippen LogP contribution >= 0.6 is 0 Å². The molecule has 0 spiro atoms. The third kappa shape index (κ3) is 2.40. The van der Waals surface area contributed by atoms with Crippen LogP contribution in [-0.4, -0.2) is 32.5 Å². The Labute approximate surface area is 104 Å². The molecule has 1 aromatic rings. The molecule has 1 aromatic carbocycles. The second kappa shape index (κ2) is 4.49. The van der Waals surface area contributed by atoms with E-state index in [-0.39, 0.29) is 30.3 Å². The standard InChI is InChI=1S/C11H12O6S/c1-18(14,15)11-7(3-5-9(12)13)2-4-8-10(11)17-6-16-8/h2,4H,3,5-6H2,1H3,(H,12,13). The van der Waals surface area contributed by atoms with Gasteiger partial charge in [-0.3, -0.25) is 4.79 Å². The summed E-state index contributed by atoms with van der Waals surface area (Å²) in [5, 5.41) is 8.66. The van der Waals surface area contributed by atoms with Crippen molar-refractivity contribution in [2.45, 2.75) is 17.7 Å². The molecule has 0 saturated carbocycles. The molecule has 1 aliphatic heterocycles. The van der Waals surface area contributed by atoms with E-state index in [4.69, 9.17) is 14.6 Å². The molecule has 2 rings (SSSR count). The van der Waals surface area contributed by atoms with Gasteiger partial charge in [-0.15, -0.1) is 0 Å². The Hall–Kier alpha value is -1.76. The summed E-state index contributed by atoms with van der Waals surface area (Å²) >= 11 is 0. The fourth-order valence-corrected chi connectivity index (χ4v) is 2.98. The van der Waals surface area contributed by atoms with Crippen molar-refractivity contribution in [2.75, 3.05) is 13.0 Å². The van der Waals surface area contributed by atoms with E-state index < -0.39 is 15.8 Å². The molecule has 0 atom stereocenters. The van der Waals surface area contributed by atoms with Gasteiger partial charge in [-0.05, 0) is 18.1 Å². The van der Waals surface area contributed by atoms with Gasteiger partial charge in [-0.1, -0.05) is 6.07 Å². The van der Waals surface area contributed by atoms with Crippen molar-refractivity contribution < 1.29 is 27.8 Å². The van der Waals surface area contributed by atoms with Gasteiger partial charge in [0.1, 0.15) is 4.90 Å². The molecule has 0 aromatic heterocycles. The van der Waals surface area contributed by atoms with Crippen LogP contribution in [0.3, 0.4) is 0 Å². The third-order valence-corrected chi connectivity index (χ3v) is 3.74. The first-order chi connectivity index (χ1) is 8.39. The van der Waals surface area contributed by atoms with E-state index in [1.54, 1.807) is 12.1 Å². The lowest BCUT2D eigenvalue weighted by atomic mass is 10.1. The highest BCUT2D eigenvalue weighted by Crippen LogP contribution is 2.40. The molecule has 98 valence electrons. The van der Waals surface area contributed by atoms with Crippen molar-refractivity contribution in [3.05, 3.63) is 17.7 Å². The molecule has 0 amide bonds. The van der Waals surface area contributed by atoms with Crippen LogP contribution in [0.15, 0.2) is 17.0 Å². The minimum absolute atomic E-state index is 0.0266. The second-order valence-corrected chi connectivity index (χ2v) is 5.91. The van der Waals surface area contributed by atoms with Crippen LogP contribution in [-0.2, 0) is 21.1 Å². The summed E-state index contributed by atoms with van der Waals surface area (Å²) in [6.45, 7) is -0.0275. The maximum Gasteiger partial charge on any atom is 0.303 e. The molecule has 0 aliphatic carbocycles. The van der Waals surface area contributed by atoms with Gasteiger partial charge in [0.15, 0.2) is 21.3 Å². The van der Waals surface area contributed by atoms with E-state index >= 15 is 0 Å². The molecule has 18 heavy (non-hydrogen) atoms. The average molecular weight is 272 g/mol. The van der Waals surface area contributed by atoms with Crippen LogP contribution in [0, 0.1) is 0 Å². The summed E-state index contributed by atoms with van der Waals surface area (Å²) in [6, 6.07) is 3.15. The zero-order chi connectivity index (χ0) is 13.3. The number of ether oxygens (including phenoxy) is 2. The van der Waals surface area contributed by atoms with Crippen molar-refractivity contribution in [3.8, 4) is 11.5 Å². The lowest BCUT2D eigenvalue weighted by Crippen LogP contribution is -2.06. The van der Waals surface area contributed by atoms with Crippen LogP contribution in [0.2, 0.25) is 0 Å². The van der Waals surface area contributed by atoms with Crippen LogP contribution < -0.4 is 9.47 Å². The average Bonchev–Trinajstić information content (AvgIpc) is 2.71. The molecule has 0 unspecified atom stereocenters. The molecule has 1 aliphatic rings. The van der Waals surface area contributed by atoms with Gasteiger partial charge in [0, 0.05) is 12.7 Å². The van der Waals surface area contributed by atoms with E-state index in [0.717, 1.165) is 6.26 Å². The lowest BCUT2D eigenvalue weighted by Gasteiger charge is -2.09. The number of sulfone groups is 1. The van der Waals surface area contributed by atoms with Crippen molar-refractivity contribution in [1.29, 1.82) is 0 Å². The van der Waals surface area contributed by atoms with Gasteiger partial charge in [-0.2, -0.15) is 0 Å². The predicted octanol–water partition coefficient (Wildman–Crippen LogP) is 0.836. The Kier molecular flexibility index (Phi) is 3.16. The molecule has 1 N–H and O–H groups in total. The number of carboxylic acids is 1. The zero-order valence-electron chi connectivity index (χ0n) is 9.67. The van der Waals surface area contributed by atoms with E-state index in [0.29, 0.717) is 11.3 Å². The summed E-state index contributed by atoms with van der Waals surface area (Å²) in [7, 11) is -3.50. The summed E-state index contributed by atoms with van der Waals surface area (Å²) < 4.78 is 33.8. The van der Waals surface area contributed by atoms with Crippen LogP contribution in [0.4, 0.5) is 0 Å². The lowest BCUT2D eigenvalue weighted by molar-refractivity contribution is -0.136. The normalized spacial score (nSPS) is 13.6. The smallest absolute Gasteiger partial charge is 0.303 e. The monoisotopic (exact) mass is 272 g/mol. The zero-order valence-corrected chi connectivity index (χ0v) is 10.5. The molecule has 0 radical (unpaired) electrons. The predicted molar refractivity (Wildman–Crippen MR) is 61.6 cm³/mol. The summed E-state index contributed by atoms with van der Waals surface area (Å²) in [4.78, 5) is 10.6. The van der Waals surface area contributed by atoms with Crippen molar-refractivity contribution >= 4 is 15.8 Å². The maximum atomic E-state index is 11.8. The highest BCUT2D eigenvalue weighted by Gasteiger charge is 2.27. The molecular weight excluding hydrogens is 260 g/mol. The number of hydrogen-bond acceptors (Lipinski definition) is 5. The first kappa shape index (κ1) is 12.7. The van der Waals surface area contributed by atoms with Crippen molar-refractivity contribution in [2.24, 2.45) is 0 Å². The molecule has 0 bridgehead atoms. The molecule has 6 nitrogen and oxygen atoms in total. The topological polar surface area (TPSA) is 89.9 Å². The number of aliphatic carboxylic acids is 1. The fourth-order valence-electron chi connectivity index (χ4n) is 1.83. The molecule has 0 saturated heterocycles. The number of benzene rings is 1. The van der Waals surface area contributed by atoms with Gasteiger partial charge < -0.3 is 14.6 Å². The molecule has 0 fully saturated rings. The molecule has 7 heteroatoms. The van der Waals surface area contributed by atoms with Gasteiger partial charge in [0.05, 0.1) is 0 Å². The number of carboxylic acid groups (broad SMARTS) is 1. The largest absolute Gasteiger partial charge is 0.481 e. The highest BCUT2D eigenvalue weighted by molar-refractivity contribution is 7.90. The van der Waals surface area contributed by atoms with Gasteiger partial charge in [-0.25, -0.2) is 8.42 Å². The Bertz CT molecular complexity index is 590. The third-order valence-electron chi connectivity index (χ3n) is 2.55. The minimum atomic E-state index is -3.50. The number of fused-ring (bicyclic) bond motifs is 1. The quantitative estimate of drug-likeness (QED) is 0.873. The molecule has 1 heterocycles. The summed E-state index contributed by atoms with van der Waals surface area (Å²) in [5.74, 6) is -0.429. The maximum absolute atomic E-state index is 11.8. The van der Waals surface area contributed by atoms with Crippen molar-refractivity contribution in [3.63, 3.8) is 0 Å². The highest BCUT2D eigenvalue weighted by atomic mass is 32.2. The van der Waals surface area contributed by atoms with Gasteiger partial charge in [0.25, 0.3) is 0 Å². The summed E-state index contributed by atoms with van der Waals surface area (Å²) in [6.07, 6.45) is 1.06. The first-order valence-electron chi connectivity index (χ1n) is 5.23. The van der Waals surface area contributed by atoms with Crippen molar-refractivity contribution in [1.82, 2.24) is 0 Å². The van der Waals surface area contributed by atoms with E-state index in [9.17, 15) is 13.2 Å². The SMILES string of the molecule is CS(=O)(=O)c1c(CCC(=O)O)ccc2c1OCO2. The molecular formula is C11H12O6S. The Morgan fingerprint density at radius 2 is 2.11 bits per heavy atom. The van der Waals surface area contributed by atoms with Gasteiger partial charge in [0.2, 0.25) is 6.79 Å². The van der Waals surface area contributed by atoms with E-state index in [1.807, 2.05) is 0 Å². The van der Waals surface area contributed by atoms with E-state index in [1.165, 1.54) is 0 Å². The van der Waals surface area contributed by atoms with Crippen LogP contribution in [0.25, 0.3) is 0 Å². The van der Waals surface area contributed by atoms with E-state index in [2.05, 4.69) is 0 Å². The Morgan fingerprint density at radius 3 is 2.72 bits per heavy atom. The van der Waals surface area contributed by atoms with Gasteiger partial charge >= 0.3 is 5.97 Å². The Morgan fingerprint density at radius 1 is 1.39 bits per heavy atom. The summed E-state index contributed by atoms with van der Waals surface area (Å²) in [5.41, 5.74) is 0.434. The number of rotatable bonds is 4. The van der Waals surface area contributed by atoms with Crippen LogP contribution in [0.1, 0.15) is 12.0 Å².